The van der Waals surface area contributed by atoms with Crippen LogP contribution in [0.3, 0.4) is 0 Å². The first kappa shape index (κ1) is 11.1. The monoisotopic (exact) mass is 222 g/mol. The van der Waals surface area contributed by atoms with Crippen LogP contribution in [0.1, 0.15) is 24.6 Å². The van der Waals surface area contributed by atoms with Gasteiger partial charge in [-0.2, -0.15) is 5.10 Å². The fourth-order valence-corrected chi connectivity index (χ4v) is 1.99. The van der Waals surface area contributed by atoms with E-state index < -0.39 is 0 Å². The highest BCUT2D eigenvalue weighted by Crippen LogP contribution is 2.18. The molecule has 5 nitrogen and oxygen atoms in total. The molecule has 0 aromatic carbocycles. The standard InChI is InChI=1S/C11H18N4O/c1-7(5-12)11(16)14-9-2-3-10-8(4-9)6-13-15-10/h6-7,9H,2-5,12H2,1H3,(H,13,15)(H,14,16). The lowest BCUT2D eigenvalue weighted by Crippen LogP contribution is -2.42. The third-order valence-corrected chi connectivity index (χ3v) is 3.16. The number of hydrogen-bond acceptors (Lipinski definition) is 3. The number of H-pyrrole nitrogens is 1. The second-order valence-corrected chi connectivity index (χ2v) is 4.46. The van der Waals surface area contributed by atoms with E-state index in [9.17, 15) is 4.79 Å². The number of nitrogens with two attached hydrogens (primary N) is 1. The molecule has 88 valence electrons. The van der Waals surface area contributed by atoms with Crippen LogP contribution in [0.4, 0.5) is 0 Å². The van der Waals surface area contributed by atoms with Crippen LogP contribution in [0.5, 0.6) is 0 Å². The smallest absolute Gasteiger partial charge is 0.224 e. The van der Waals surface area contributed by atoms with E-state index in [1.54, 1.807) is 0 Å². The minimum absolute atomic E-state index is 0.0550. The molecule has 1 heterocycles. The van der Waals surface area contributed by atoms with Gasteiger partial charge in [0.1, 0.15) is 0 Å². The number of nitrogens with zero attached hydrogens (tertiary/aromatic N) is 1. The average molecular weight is 222 g/mol. The normalized spacial score (nSPS) is 21.2. The molecule has 2 rings (SSSR count). The van der Waals surface area contributed by atoms with Crippen molar-refractivity contribution in [2.75, 3.05) is 6.54 Å². The van der Waals surface area contributed by atoms with Crippen LogP contribution in [-0.2, 0) is 17.6 Å². The molecule has 16 heavy (non-hydrogen) atoms. The molecule has 0 bridgehead atoms. The number of fused-ring (bicyclic) bond motifs is 1. The second-order valence-electron chi connectivity index (χ2n) is 4.46. The summed E-state index contributed by atoms with van der Waals surface area (Å²) in [6, 6.07) is 0.228. The molecule has 0 radical (unpaired) electrons. The highest BCUT2D eigenvalue weighted by atomic mass is 16.1. The summed E-state index contributed by atoms with van der Waals surface area (Å²) in [5.41, 5.74) is 7.89. The van der Waals surface area contributed by atoms with Crippen LogP contribution in [0.25, 0.3) is 0 Å². The Balaban J connectivity index is 1.92. The third-order valence-electron chi connectivity index (χ3n) is 3.16. The van der Waals surface area contributed by atoms with Gasteiger partial charge in [0, 0.05) is 24.2 Å². The summed E-state index contributed by atoms with van der Waals surface area (Å²) in [6.07, 6.45) is 4.64. The first-order valence-electron chi connectivity index (χ1n) is 5.72. The molecule has 0 saturated heterocycles. The van der Waals surface area contributed by atoms with Gasteiger partial charge in [-0.3, -0.25) is 9.89 Å². The van der Waals surface area contributed by atoms with E-state index in [4.69, 9.17) is 5.73 Å². The van der Waals surface area contributed by atoms with E-state index in [0.29, 0.717) is 6.54 Å². The van der Waals surface area contributed by atoms with Crippen molar-refractivity contribution >= 4 is 5.91 Å². The van der Waals surface area contributed by atoms with Crippen molar-refractivity contribution in [3.05, 3.63) is 17.5 Å². The fraction of sp³-hybridized carbons (Fsp3) is 0.636. The van der Waals surface area contributed by atoms with Crippen LogP contribution >= 0.6 is 0 Å². The maximum atomic E-state index is 11.7. The van der Waals surface area contributed by atoms with Crippen LogP contribution in [0.2, 0.25) is 0 Å². The predicted molar refractivity (Wildman–Crippen MR) is 60.8 cm³/mol. The molecule has 1 aliphatic carbocycles. The average Bonchev–Trinajstić information content (AvgIpc) is 2.75. The zero-order chi connectivity index (χ0) is 11.5. The molecule has 0 fully saturated rings. The molecule has 0 aliphatic heterocycles. The van der Waals surface area contributed by atoms with Gasteiger partial charge in [0.25, 0.3) is 0 Å². The van der Waals surface area contributed by atoms with Crippen molar-refractivity contribution < 1.29 is 4.79 Å². The van der Waals surface area contributed by atoms with E-state index in [1.807, 2.05) is 13.1 Å². The van der Waals surface area contributed by atoms with Crippen LogP contribution in [0.15, 0.2) is 6.20 Å². The molecular formula is C11H18N4O. The molecule has 1 aromatic heterocycles. The largest absolute Gasteiger partial charge is 0.353 e. The molecule has 1 aliphatic rings. The minimum Gasteiger partial charge on any atom is -0.353 e. The number of nitrogens with one attached hydrogen (secondary N) is 2. The number of aromatic nitrogens is 2. The zero-order valence-electron chi connectivity index (χ0n) is 9.49. The van der Waals surface area contributed by atoms with E-state index in [1.165, 1.54) is 11.3 Å². The summed E-state index contributed by atoms with van der Waals surface area (Å²) < 4.78 is 0. The number of rotatable bonds is 3. The van der Waals surface area contributed by atoms with E-state index in [2.05, 4.69) is 15.5 Å². The van der Waals surface area contributed by atoms with E-state index in [-0.39, 0.29) is 17.9 Å². The lowest BCUT2D eigenvalue weighted by molar-refractivity contribution is -0.125. The Labute approximate surface area is 94.8 Å². The summed E-state index contributed by atoms with van der Waals surface area (Å²) >= 11 is 0. The number of hydrogen-bond donors (Lipinski definition) is 3. The second kappa shape index (κ2) is 4.65. The Hall–Kier alpha value is -1.36. The number of aryl methyl sites for hydroxylation is 1. The molecule has 1 amide bonds. The fourth-order valence-electron chi connectivity index (χ4n) is 1.99. The first-order chi connectivity index (χ1) is 7.70. The van der Waals surface area contributed by atoms with Gasteiger partial charge in [-0.25, -0.2) is 0 Å². The van der Waals surface area contributed by atoms with Crippen LogP contribution in [-0.4, -0.2) is 28.7 Å². The van der Waals surface area contributed by atoms with Gasteiger partial charge in [-0.15, -0.1) is 0 Å². The summed E-state index contributed by atoms with van der Waals surface area (Å²) in [5.74, 6) is -0.0507. The van der Waals surface area contributed by atoms with Crippen molar-refractivity contribution in [2.24, 2.45) is 11.7 Å². The zero-order valence-corrected chi connectivity index (χ0v) is 9.49. The molecule has 2 unspecified atom stereocenters. The van der Waals surface area contributed by atoms with Gasteiger partial charge in [0.2, 0.25) is 5.91 Å². The summed E-state index contributed by atoms with van der Waals surface area (Å²) in [5, 5.41) is 10.0. The van der Waals surface area contributed by atoms with Gasteiger partial charge >= 0.3 is 0 Å². The summed E-state index contributed by atoms with van der Waals surface area (Å²) in [6.45, 7) is 2.25. The Morgan fingerprint density at radius 1 is 1.81 bits per heavy atom. The van der Waals surface area contributed by atoms with Crippen molar-refractivity contribution in [3.8, 4) is 0 Å². The number of amides is 1. The van der Waals surface area contributed by atoms with Crippen LogP contribution < -0.4 is 11.1 Å². The highest BCUT2D eigenvalue weighted by Gasteiger charge is 2.22. The third kappa shape index (κ3) is 2.24. The van der Waals surface area contributed by atoms with Gasteiger partial charge < -0.3 is 11.1 Å². The Kier molecular flexibility index (Phi) is 3.24. The first-order valence-corrected chi connectivity index (χ1v) is 5.72. The minimum atomic E-state index is -0.106. The summed E-state index contributed by atoms with van der Waals surface area (Å²) in [4.78, 5) is 11.7. The lowest BCUT2D eigenvalue weighted by Gasteiger charge is -2.24. The van der Waals surface area contributed by atoms with Gasteiger partial charge in [0.15, 0.2) is 0 Å². The Morgan fingerprint density at radius 3 is 3.38 bits per heavy atom. The molecule has 5 heteroatoms. The van der Waals surface area contributed by atoms with Crippen molar-refractivity contribution in [2.45, 2.75) is 32.2 Å². The molecule has 0 saturated carbocycles. The maximum absolute atomic E-state index is 11.7. The van der Waals surface area contributed by atoms with Crippen molar-refractivity contribution in [1.82, 2.24) is 15.5 Å². The molecule has 0 spiro atoms. The van der Waals surface area contributed by atoms with Crippen molar-refractivity contribution in [1.29, 1.82) is 0 Å². The number of carbonyl (C=O) groups excluding carboxylic acids is 1. The predicted octanol–water partition coefficient (Wildman–Crippen LogP) is -0.0220. The maximum Gasteiger partial charge on any atom is 0.224 e. The number of aromatic amines is 1. The lowest BCUT2D eigenvalue weighted by atomic mass is 9.93. The number of carbonyl (C=O) groups is 1. The quantitative estimate of drug-likeness (QED) is 0.672. The highest BCUT2D eigenvalue weighted by molar-refractivity contribution is 5.78. The molecular weight excluding hydrogens is 204 g/mol. The Bertz CT molecular complexity index is 374. The topological polar surface area (TPSA) is 83.8 Å². The van der Waals surface area contributed by atoms with Crippen molar-refractivity contribution in [3.63, 3.8) is 0 Å². The van der Waals surface area contributed by atoms with Gasteiger partial charge in [-0.05, 0) is 24.8 Å². The van der Waals surface area contributed by atoms with Gasteiger partial charge in [-0.1, -0.05) is 6.92 Å². The van der Waals surface area contributed by atoms with Crippen LogP contribution in [0, 0.1) is 5.92 Å². The van der Waals surface area contributed by atoms with E-state index in [0.717, 1.165) is 19.3 Å². The molecule has 2 atom stereocenters. The summed E-state index contributed by atoms with van der Waals surface area (Å²) in [7, 11) is 0. The molecule has 4 N–H and O–H groups in total. The molecule has 1 aromatic rings. The van der Waals surface area contributed by atoms with E-state index >= 15 is 0 Å². The SMILES string of the molecule is CC(CN)C(=O)NC1CCc2[nH]ncc2C1. The Morgan fingerprint density at radius 2 is 2.62 bits per heavy atom. The van der Waals surface area contributed by atoms with Gasteiger partial charge in [0.05, 0.1) is 6.20 Å².